The zero-order valence-electron chi connectivity index (χ0n) is 11.9. The molecule has 102 valence electrons. The van der Waals surface area contributed by atoms with Crippen LogP contribution in [0.5, 0.6) is 0 Å². The number of halogens is 1. The molecule has 0 bridgehead atoms. The molecule has 0 aliphatic heterocycles. The lowest BCUT2D eigenvalue weighted by atomic mass is 10.1. The van der Waals surface area contributed by atoms with E-state index >= 15 is 0 Å². The van der Waals surface area contributed by atoms with Gasteiger partial charge in [-0.2, -0.15) is 0 Å². The first-order chi connectivity index (χ1) is 8.58. The molecule has 1 aromatic rings. The standard InChI is InChI=1S/C15H25FN2/c1-5-18(6-2)11-12(3)17-13(4)14-9-7-8-10-15(14)16/h7-10,12-13,17H,5-6,11H2,1-4H3. The predicted molar refractivity (Wildman–Crippen MR) is 75.2 cm³/mol. The average Bonchev–Trinajstić information content (AvgIpc) is 2.36. The summed E-state index contributed by atoms with van der Waals surface area (Å²) < 4.78 is 13.6. The second-order valence-electron chi connectivity index (χ2n) is 4.80. The highest BCUT2D eigenvalue weighted by atomic mass is 19.1. The maximum Gasteiger partial charge on any atom is 0.127 e. The van der Waals surface area contributed by atoms with Gasteiger partial charge in [0.1, 0.15) is 5.82 Å². The van der Waals surface area contributed by atoms with Gasteiger partial charge in [0.05, 0.1) is 0 Å². The smallest absolute Gasteiger partial charge is 0.127 e. The van der Waals surface area contributed by atoms with Gasteiger partial charge in [0, 0.05) is 24.2 Å². The summed E-state index contributed by atoms with van der Waals surface area (Å²) in [5, 5.41) is 3.45. The first-order valence-corrected chi connectivity index (χ1v) is 6.81. The van der Waals surface area contributed by atoms with Crippen molar-refractivity contribution in [2.45, 2.75) is 39.8 Å². The number of nitrogens with zero attached hydrogens (tertiary/aromatic N) is 1. The van der Waals surface area contributed by atoms with E-state index in [2.05, 4.69) is 31.0 Å². The van der Waals surface area contributed by atoms with Gasteiger partial charge in [-0.25, -0.2) is 4.39 Å². The van der Waals surface area contributed by atoms with Crippen molar-refractivity contribution >= 4 is 0 Å². The number of hydrogen-bond donors (Lipinski definition) is 1. The van der Waals surface area contributed by atoms with E-state index in [4.69, 9.17) is 0 Å². The molecular formula is C15H25FN2. The van der Waals surface area contributed by atoms with Crippen LogP contribution in [-0.2, 0) is 0 Å². The monoisotopic (exact) mass is 252 g/mol. The van der Waals surface area contributed by atoms with Crippen LogP contribution in [0.1, 0.15) is 39.3 Å². The SMILES string of the molecule is CCN(CC)CC(C)NC(C)c1ccccc1F. The van der Waals surface area contributed by atoms with E-state index in [1.807, 2.05) is 19.1 Å². The summed E-state index contributed by atoms with van der Waals surface area (Å²) in [6, 6.07) is 7.35. The van der Waals surface area contributed by atoms with Crippen LogP contribution in [-0.4, -0.2) is 30.6 Å². The van der Waals surface area contributed by atoms with Crippen LogP contribution in [0.2, 0.25) is 0 Å². The zero-order chi connectivity index (χ0) is 13.5. The molecule has 0 saturated carbocycles. The largest absolute Gasteiger partial charge is 0.306 e. The van der Waals surface area contributed by atoms with E-state index in [1.165, 1.54) is 6.07 Å². The molecule has 0 spiro atoms. The fraction of sp³-hybridized carbons (Fsp3) is 0.600. The molecule has 0 radical (unpaired) electrons. The Balaban J connectivity index is 2.54. The van der Waals surface area contributed by atoms with Gasteiger partial charge in [-0.05, 0) is 33.0 Å². The highest BCUT2D eigenvalue weighted by Crippen LogP contribution is 2.16. The molecule has 0 amide bonds. The van der Waals surface area contributed by atoms with Gasteiger partial charge in [-0.15, -0.1) is 0 Å². The molecule has 0 aliphatic carbocycles. The second-order valence-corrected chi connectivity index (χ2v) is 4.80. The van der Waals surface area contributed by atoms with Crippen molar-refractivity contribution in [2.24, 2.45) is 0 Å². The van der Waals surface area contributed by atoms with Crippen LogP contribution < -0.4 is 5.32 Å². The van der Waals surface area contributed by atoms with Crippen molar-refractivity contribution in [3.8, 4) is 0 Å². The Hall–Kier alpha value is -0.930. The third kappa shape index (κ3) is 4.39. The minimum Gasteiger partial charge on any atom is -0.306 e. The van der Waals surface area contributed by atoms with Crippen LogP contribution in [0.15, 0.2) is 24.3 Å². The fourth-order valence-corrected chi connectivity index (χ4v) is 2.26. The number of hydrogen-bond acceptors (Lipinski definition) is 2. The molecule has 0 heterocycles. The van der Waals surface area contributed by atoms with Crippen molar-refractivity contribution in [3.05, 3.63) is 35.6 Å². The van der Waals surface area contributed by atoms with E-state index in [0.717, 1.165) is 25.2 Å². The lowest BCUT2D eigenvalue weighted by Gasteiger charge is -2.26. The van der Waals surface area contributed by atoms with Crippen LogP contribution in [0.3, 0.4) is 0 Å². The van der Waals surface area contributed by atoms with Gasteiger partial charge >= 0.3 is 0 Å². The Morgan fingerprint density at radius 1 is 1.17 bits per heavy atom. The second kappa shape index (κ2) is 7.49. The van der Waals surface area contributed by atoms with Gasteiger partial charge in [-0.3, -0.25) is 0 Å². The minimum atomic E-state index is -0.132. The topological polar surface area (TPSA) is 15.3 Å². The van der Waals surface area contributed by atoms with E-state index in [9.17, 15) is 4.39 Å². The van der Waals surface area contributed by atoms with Gasteiger partial charge < -0.3 is 10.2 Å². The molecule has 0 saturated heterocycles. The Morgan fingerprint density at radius 2 is 1.78 bits per heavy atom. The van der Waals surface area contributed by atoms with Crippen LogP contribution in [0.4, 0.5) is 4.39 Å². The van der Waals surface area contributed by atoms with Crippen molar-refractivity contribution in [1.29, 1.82) is 0 Å². The molecule has 1 aromatic carbocycles. The van der Waals surface area contributed by atoms with Crippen LogP contribution in [0, 0.1) is 5.82 Å². The first-order valence-electron chi connectivity index (χ1n) is 6.81. The predicted octanol–water partition coefficient (Wildman–Crippen LogP) is 3.21. The highest BCUT2D eigenvalue weighted by Gasteiger charge is 2.14. The summed E-state index contributed by atoms with van der Waals surface area (Å²) in [5.74, 6) is -0.132. The number of benzene rings is 1. The molecule has 2 unspecified atom stereocenters. The normalized spacial score (nSPS) is 14.8. The summed E-state index contributed by atoms with van der Waals surface area (Å²) in [6.07, 6.45) is 0. The zero-order valence-corrected chi connectivity index (χ0v) is 11.9. The number of likely N-dealkylation sites (N-methyl/N-ethyl adjacent to an activating group) is 1. The van der Waals surface area contributed by atoms with Crippen molar-refractivity contribution in [1.82, 2.24) is 10.2 Å². The van der Waals surface area contributed by atoms with Gasteiger partial charge in [0.15, 0.2) is 0 Å². The first kappa shape index (κ1) is 15.1. The molecule has 0 aliphatic rings. The molecule has 3 heteroatoms. The molecule has 1 rings (SSSR count). The molecule has 0 aromatic heterocycles. The number of rotatable bonds is 7. The Morgan fingerprint density at radius 3 is 2.33 bits per heavy atom. The maximum absolute atomic E-state index is 13.6. The van der Waals surface area contributed by atoms with Gasteiger partial charge in [0.2, 0.25) is 0 Å². The quantitative estimate of drug-likeness (QED) is 0.801. The minimum absolute atomic E-state index is 0.0387. The van der Waals surface area contributed by atoms with Gasteiger partial charge in [-0.1, -0.05) is 32.0 Å². The Labute approximate surface area is 110 Å². The third-order valence-electron chi connectivity index (χ3n) is 3.33. The Bertz CT molecular complexity index is 350. The maximum atomic E-state index is 13.6. The molecule has 2 atom stereocenters. The lowest BCUT2D eigenvalue weighted by Crippen LogP contribution is -2.40. The third-order valence-corrected chi connectivity index (χ3v) is 3.33. The summed E-state index contributed by atoms with van der Waals surface area (Å²) in [6.45, 7) is 11.6. The molecule has 1 N–H and O–H groups in total. The van der Waals surface area contributed by atoms with Crippen LogP contribution >= 0.6 is 0 Å². The Kier molecular flexibility index (Phi) is 6.30. The number of nitrogens with one attached hydrogen (secondary N) is 1. The fourth-order valence-electron chi connectivity index (χ4n) is 2.26. The molecular weight excluding hydrogens is 227 g/mol. The van der Waals surface area contributed by atoms with Crippen molar-refractivity contribution in [2.75, 3.05) is 19.6 Å². The van der Waals surface area contributed by atoms with E-state index in [0.29, 0.717) is 6.04 Å². The summed E-state index contributed by atoms with van der Waals surface area (Å²) in [5.41, 5.74) is 0.740. The van der Waals surface area contributed by atoms with Crippen LogP contribution in [0.25, 0.3) is 0 Å². The van der Waals surface area contributed by atoms with Gasteiger partial charge in [0.25, 0.3) is 0 Å². The average molecular weight is 252 g/mol. The van der Waals surface area contributed by atoms with Crippen molar-refractivity contribution in [3.63, 3.8) is 0 Å². The van der Waals surface area contributed by atoms with E-state index in [1.54, 1.807) is 6.07 Å². The van der Waals surface area contributed by atoms with E-state index < -0.39 is 0 Å². The molecule has 0 fully saturated rings. The highest BCUT2D eigenvalue weighted by molar-refractivity contribution is 5.20. The summed E-state index contributed by atoms with van der Waals surface area (Å²) in [4.78, 5) is 2.37. The van der Waals surface area contributed by atoms with Crippen molar-refractivity contribution < 1.29 is 4.39 Å². The van der Waals surface area contributed by atoms with E-state index in [-0.39, 0.29) is 11.9 Å². The summed E-state index contributed by atoms with van der Waals surface area (Å²) in [7, 11) is 0. The molecule has 18 heavy (non-hydrogen) atoms. The lowest BCUT2D eigenvalue weighted by molar-refractivity contribution is 0.263. The molecule has 2 nitrogen and oxygen atoms in total. The summed E-state index contributed by atoms with van der Waals surface area (Å²) >= 11 is 0.